The normalized spacial score (nSPS) is 13.1. The van der Waals surface area contributed by atoms with E-state index in [-0.39, 0.29) is 5.91 Å². The van der Waals surface area contributed by atoms with Crippen molar-refractivity contribution in [1.82, 2.24) is 15.3 Å². The van der Waals surface area contributed by atoms with E-state index in [0.717, 1.165) is 23.5 Å². The Morgan fingerprint density at radius 1 is 1.07 bits per heavy atom. The molecule has 0 saturated heterocycles. The first-order chi connectivity index (χ1) is 14.2. The molecule has 1 aliphatic rings. The van der Waals surface area contributed by atoms with Crippen LogP contribution in [0.5, 0.6) is 0 Å². The summed E-state index contributed by atoms with van der Waals surface area (Å²) in [7, 11) is 0. The molecule has 0 bridgehead atoms. The quantitative estimate of drug-likeness (QED) is 0.607. The van der Waals surface area contributed by atoms with Gasteiger partial charge in [0.25, 0.3) is 5.91 Å². The van der Waals surface area contributed by atoms with Crippen LogP contribution in [0.3, 0.4) is 0 Å². The monoisotopic (exact) mass is 386 g/mol. The van der Waals surface area contributed by atoms with Gasteiger partial charge in [-0.15, -0.1) is 0 Å². The van der Waals surface area contributed by atoms with Gasteiger partial charge in [0, 0.05) is 37.0 Å². The number of nitrogens with zero attached hydrogens (tertiary/aromatic N) is 2. The number of carbonyl (C=O) groups excluding carboxylic acids is 1. The minimum Gasteiger partial charge on any atom is -0.369 e. The predicted octanol–water partition coefficient (Wildman–Crippen LogP) is 4.25. The van der Waals surface area contributed by atoms with Crippen LogP contribution in [0.25, 0.3) is 11.3 Å². The minimum atomic E-state index is -0.108. The molecule has 5 heteroatoms. The highest BCUT2D eigenvalue weighted by atomic mass is 16.1. The Hall–Kier alpha value is -3.21. The number of rotatable bonds is 8. The number of aromatic nitrogens is 2. The zero-order valence-electron chi connectivity index (χ0n) is 16.7. The zero-order valence-corrected chi connectivity index (χ0v) is 16.7. The molecule has 0 radical (unpaired) electrons. The fourth-order valence-corrected chi connectivity index (χ4v) is 3.30. The lowest BCUT2D eigenvalue weighted by Gasteiger charge is -2.14. The predicted molar refractivity (Wildman–Crippen MR) is 116 cm³/mol. The molecule has 0 aliphatic heterocycles. The molecular formula is C24H26N4O. The summed E-state index contributed by atoms with van der Waals surface area (Å²) < 4.78 is 0. The van der Waals surface area contributed by atoms with Crippen molar-refractivity contribution in [3.63, 3.8) is 0 Å². The zero-order chi connectivity index (χ0) is 20.1. The van der Waals surface area contributed by atoms with Crippen LogP contribution in [0.2, 0.25) is 0 Å². The Bertz CT molecular complexity index is 983. The van der Waals surface area contributed by atoms with Gasteiger partial charge < -0.3 is 10.6 Å². The molecule has 2 heterocycles. The van der Waals surface area contributed by atoms with Crippen molar-refractivity contribution < 1.29 is 4.79 Å². The minimum absolute atomic E-state index is 0.108. The molecule has 3 aromatic rings. The summed E-state index contributed by atoms with van der Waals surface area (Å²) in [5.41, 5.74) is 4.69. The lowest BCUT2D eigenvalue weighted by molar-refractivity contribution is 0.0954. The van der Waals surface area contributed by atoms with Gasteiger partial charge in [0.05, 0.1) is 11.3 Å². The first kappa shape index (κ1) is 19.1. The van der Waals surface area contributed by atoms with Gasteiger partial charge in [-0.2, -0.15) is 0 Å². The lowest BCUT2D eigenvalue weighted by Crippen LogP contribution is -2.27. The van der Waals surface area contributed by atoms with Gasteiger partial charge >= 0.3 is 0 Å². The van der Waals surface area contributed by atoms with Gasteiger partial charge in [0.1, 0.15) is 5.82 Å². The van der Waals surface area contributed by atoms with Crippen molar-refractivity contribution in [3.05, 3.63) is 77.6 Å². The maximum absolute atomic E-state index is 12.8. The Balaban J connectivity index is 1.51. The fourth-order valence-electron chi connectivity index (χ4n) is 3.30. The van der Waals surface area contributed by atoms with E-state index in [1.54, 1.807) is 6.20 Å². The second kappa shape index (κ2) is 8.86. The molecule has 1 aromatic carbocycles. The molecule has 0 unspecified atom stereocenters. The molecule has 1 amide bonds. The van der Waals surface area contributed by atoms with E-state index < -0.39 is 0 Å². The average Bonchev–Trinajstić information content (AvgIpc) is 3.58. The third-order valence-corrected chi connectivity index (χ3v) is 5.21. The number of amides is 1. The van der Waals surface area contributed by atoms with Crippen LogP contribution in [0, 0.1) is 12.8 Å². The van der Waals surface area contributed by atoms with Crippen LogP contribution in [0.1, 0.15) is 34.5 Å². The molecule has 0 atom stereocenters. The number of nitrogens with one attached hydrogen (secondary N) is 2. The highest BCUT2D eigenvalue weighted by molar-refractivity contribution is 5.99. The first-order valence-corrected chi connectivity index (χ1v) is 10.2. The Kier molecular flexibility index (Phi) is 5.84. The van der Waals surface area contributed by atoms with Gasteiger partial charge in [-0.25, -0.2) is 4.98 Å². The molecule has 2 N–H and O–H groups in total. The van der Waals surface area contributed by atoms with Crippen molar-refractivity contribution in [2.45, 2.75) is 26.2 Å². The number of hydrogen-bond donors (Lipinski definition) is 2. The molecule has 1 fully saturated rings. The lowest BCUT2D eigenvalue weighted by atomic mass is 10.0. The van der Waals surface area contributed by atoms with Crippen molar-refractivity contribution >= 4 is 11.7 Å². The summed E-state index contributed by atoms with van der Waals surface area (Å²) in [5.74, 6) is 1.25. The third-order valence-electron chi connectivity index (χ3n) is 5.21. The van der Waals surface area contributed by atoms with E-state index in [4.69, 9.17) is 4.98 Å². The second-order valence-corrected chi connectivity index (χ2v) is 7.56. The van der Waals surface area contributed by atoms with Crippen LogP contribution < -0.4 is 10.6 Å². The SMILES string of the molecule is Cc1ccccc1-c1ccc(C(=O)NCCc2ccccn2)c(NCC2CC2)n1. The average molecular weight is 386 g/mol. The van der Waals surface area contributed by atoms with Crippen molar-refractivity contribution in [2.24, 2.45) is 5.92 Å². The summed E-state index contributed by atoms with van der Waals surface area (Å²) >= 11 is 0. The van der Waals surface area contributed by atoms with Crippen LogP contribution in [0.4, 0.5) is 5.82 Å². The van der Waals surface area contributed by atoms with Crippen molar-refractivity contribution in [1.29, 1.82) is 0 Å². The number of pyridine rings is 2. The molecule has 1 aliphatic carbocycles. The summed E-state index contributed by atoms with van der Waals surface area (Å²) in [6.45, 7) is 3.47. The number of anilines is 1. The summed E-state index contributed by atoms with van der Waals surface area (Å²) in [5, 5.41) is 6.41. The van der Waals surface area contributed by atoms with Crippen LogP contribution in [-0.4, -0.2) is 29.0 Å². The molecule has 4 rings (SSSR count). The molecular weight excluding hydrogens is 360 g/mol. The number of hydrogen-bond acceptors (Lipinski definition) is 4. The summed E-state index contributed by atoms with van der Waals surface area (Å²) in [4.78, 5) is 21.9. The van der Waals surface area contributed by atoms with Crippen molar-refractivity contribution in [2.75, 3.05) is 18.4 Å². The topological polar surface area (TPSA) is 66.9 Å². The summed E-state index contributed by atoms with van der Waals surface area (Å²) in [6.07, 6.45) is 4.96. The van der Waals surface area contributed by atoms with E-state index in [2.05, 4.69) is 34.7 Å². The highest BCUT2D eigenvalue weighted by Crippen LogP contribution is 2.30. The van der Waals surface area contributed by atoms with Crippen LogP contribution in [-0.2, 0) is 6.42 Å². The first-order valence-electron chi connectivity index (χ1n) is 10.2. The number of carbonyl (C=O) groups is 1. The van der Waals surface area contributed by atoms with Gasteiger partial charge in [-0.05, 0) is 55.5 Å². The van der Waals surface area contributed by atoms with Gasteiger partial charge in [0.15, 0.2) is 0 Å². The van der Waals surface area contributed by atoms with E-state index >= 15 is 0 Å². The smallest absolute Gasteiger partial charge is 0.255 e. The van der Waals surface area contributed by atoms with Crippen molar-refractivity contribution in [3.8, 4) is 11.3 Å². The molecule has 5 nitrogen and oxygen atoms in total. The summed E-state index contributed by atoms with van der Waals surface area (Å²) in [6, 6.07) is 17.8. The standard InChI is InChI=1S/C24H26N4O/c1-17-6-2-3-8-20(17)22-12-11-21(23(28-22)27-16-18-9-10-18)24(29)26-15-13-19-7-4-5-14-25-19/h2-8,11-12,14,18H,9-10,13,15-16H2,1H3,(H,26,29)(H,27,28). The molecule has 148 valence electrons. The van der Waals surface area contributed by atoms with Gasteiger partial charge in [0.2, 0.25) is 0 Å². The van der Waals surface area contributed by atoms with Gasteiger partial charge in [-0.3, -0.25) is 9.78 Å². The fraction of sp³-hybridized carbons (Fsp3) is 0.292. The third kappa shape index (κ3) is 4.99. The number of benzene rings is 1. The van der Waals surface area contributed by atoms with E-state index in [9.17, 15) is 4.79 Å². The molecule has 2 aromatic heterocycles. The Labute approximate surface area is 171 Å². The van der Waals surface area contributed by atoms with E-state index in [1.807, 2.05) is 42.5 Å². The molecule has 29 heavy (non-hydrogen) atoms. The molecule has 1 saturated carbocycles. The highest BCUT2D eigenvalue weighted by Gasteiger charge is 2.22. The maximum Gasteiger partial charge on any atom is 0.255 e. The maximum atomic E-state index is 12.8. The second-order valence-electron chi connectivity index (χ2n) is 7.56. The van der Waals surface area contributed by atoms with Crippen LogP contribution >= 0.6 is 0 Å². The van der Waals surface area contributed by atoms with E-state index in [1.165, 1.54) is 18.4 Å². The van der Waals surface area contributed by atoms with E-state index in [0.29, 0.717) is 30.3 Å². The molecule has 0 spiro atoms. The largest absolute Gasteiger partial charge is 0.369 e. The Morgan fingerprint density at radius 3 is 2.66 bits per heavy atom. The van der Waals surface area contributed by atoms with Crippen LogP contribution in [0.15, 0.2) is 60.8 Å². The number of aryl methyl sites for hydroxylation is 1. The van der Waals surface area contributed by atoms with Gasteiger partial charge in [-0.1, -0.05) is 30.3 Å². The Morgan fingerprint density at radius 2 is 1.90 bits per heavy atom.